The number of rotatable bonds is 4. The van der Waals surface area contributed by atoms with Crippen LogP contribution in [0.15, 0.2) is 36.5 Å². The quantitative estimate of drug-likeness (QED) is 0.624. The van der Waals surface area contributed by atoms with Gasteiger partial charge in [-0.15, -0.1) is 0 Å². The van der Waals surface area contributed by atoms with E-state index in [9.17, 15) is 4.79 Å². The van der Waals surface area contributed by atoms with Gasteiger partial charge in [0, 0.05) is 18.3 Å². The molecule has 0 radical (unpaired) electrons. The van der Waals surface area contributed by atoms with E-state index in [0.29, 0.717) is 0 Å². The zero-order valence-corrected chi connectivity index (χ0v) is 9.86. The maximum Gasteiger partial charge on any atom is 0.331 e. The summed E-state index contributed by atoms with van der Waals surface area (Å²) in [7, 11) is 1.36. The molecule has 86 valence electrons. The number of ether oxygens (including phenoxy) is 1. The van der Waals surface area contributed by atoms with E-state index in [-0.39, 0.29) is 12.0 Å². The Balaban J connectivity index is 2.52. The Morgan fingerprint density at radius 2 is 2.00 bits per heavy atom. The van der Waals surface area contributed by atoms with E-state index >= 15 is 0 Å². The molecule has 16 heavy (non-hydrogen) atoms. The topological polar surface area (TPSA) is 38.3 Å². The van der Waals surface area contributed by atoms with Crippen LogP contribution < -0.4 is 5.32 Å². The molecule has 1 unspecified atom stereocenters. The summed E-state index contributed by atoms with van der Waals surface area (Å²) < 4.78 is 4.49. The Kier molecular flexibility index (Phi) is 4.58. The zero-order valence-electron chi connectivity index (χ0n) is 9.86. The molecule has 1 atom stereocenters. The molecule has 0 heterocycles. The molecule has 0 amide bonds. The number of nitrogens with one attached hydrogen (secondary N) is 1. The van der Waals surface area contributed by atoms with Gasteiger partial charge in [-0.25, -0.2) is 4.79 Å². The first-order valence-electron chi connectivity index (χ1n) is 5.20. The Morgan fingerprint density at radius 1 is 1.38 bits per heavy atom. The second kappa shape index (κ2) is 5.95. The van der Waals surface area contributed by atoms with E-state index in [1.165, 1.54) is 24.3 Å². The van der Waals surface area contributed by atoms with Crippen LogP contribution in [0.3, 0.4) is 0 Å². The summed E-state index contributed by atoms with van der Waals surface area (Å²) in [4.78, 5) is 10.8. The Bertz CT molecular complexity index is 368. The van der Waals surface area contributed by atoms with Crippen LogP contribution in [0.4, 0.5) is 0 Å². The van der Waals surface area contributed by atoms with Gasteiger partial charge in [0.05, 0.1) is 7.11 Å². The third kappa shape index (κ3) is 3.77. The molecule has 0 aromatic heterocycles. The maximum absolute atomic E-state index is 10.8. The van der Waals surface area contributed by atoms with E-state index in [1.54, 1.807) is 6.20 Å². The number of carbonyl (C=O) groups excluding carboxylic acids is 1. The van der Waals surface area contributed by atoms with Gasteiger partial charge >= 0.3 is 5.97 Å². The van der Waals surface area contributed by atoms with E-state index in [2.05, 4.69) is 41.2 Å². The lowest BCUT2D eigenvalue weighted by Gasteiger charge is -2.12. The second-order valence-corrected chi connectivity index (χ2v) is 3.66. The van der Waals surface area contributed by atoms with Gasteiger partial charge in [0.2, 0.25) is 0 Å². The van der Waals surface area contributed by atoms with Gasteiger partial charge in [0.25, 0.3) is 0 Å². The molecule has 0 saturated carbocycles. The molecule has 1 N–H and O–H groups in total. The van der Waals surface area contributed by atoms with Crippen LogP contribution in [0, 0.1) is 6.92 Å². The Morgan fingerprint density at radius 3 is 2.56 bits per heavy atom. The third-order valence-corrected chi connectivity index (χ3v) is 2.34. The normalized spacial score (nSPS) is 12.4. The van der Waals surface area contributed by atoms with E-state index in [4.69, 9.17) is 0 Å². The van der Waals surface area contributed by atoms with Gasteiger partial charge in [0.1, 0.15) is 0 Å². The Hall–Kier alpha value is -1.77. The molecule has 1 aromatic rings. The molecule has 1 aromatic carbocycles. The molecular weight excluding hydrogens is 202 g/mol. The van der Waals surface area contributed by atoms with Crippen molar-refractivity contribution in [3.05, 3.63) is 47.7 Å². The fourth-order valence-electron chi connectivity index (χ4n) is 1.28. The van der Waals surface area contributed by atoms with Gasteiger partial charge < -0.3 is 10.1 Å². The fraction of sp³-hybridized carbons (Fsp3) is 0.308. The molecule has 0 spiro atoms. The number of benzene rings is 1. The number of hydrogen-bond acceptors (Lipinski definition) is 3. The molecule has 3 heteroatoms. The first-order chi connectivity index (χ1) is 7.63. The summed E-state index contributed by atoms with van der Waals surface area (Å²) in [6, 6.07) is 8.44. The van der Waals surface area contributed by atoms with E-state index in [1.807, 2.05) is 6.92 Å². The average Bonchev–Trinajstić information content (AvgIpc) is 2.29. The smallest absolute Gasteiger partial charge is 0.331 e. The van der Waals surface area contributed by atoms with Crippen molar-refractivity contribution in [2.75, 3.05) is 7.11 Å². The number of aryl methyl sites for hydroxylation is 1. The van der Waals surface area contributed by atoms with Crippen LogP contribution in [-0.2, 0) is 9.53 Å². The molecule has 0 bridgehead atoms. The lowest BCUT2D eigenvalue weighted by molar-refractivity contribution is -0.134. The molecule has 1 rings (SSSR count). The molecule has 0 aliphatic heterocycles. The molecule has 0 aliphatic carbocycles. The molecule has 0 saturated heterocycles. The van der Waals surface area contributed by atoms with E-state index in [0.717, 1.165) is 0 Å². The van der Waals surface area contributed by atoms with Crippen molar-refractivity contribution in [2.24, 2.45) is 0 Å². The van der Waals surface area contributed by atoms with Crippen molar-refractivity contribution in [1.29, 1.82) is 0 Å². The van der Waals surface area contributed by atoms with Crippen LogP contribution in [0.1, 0.15) is 24.1 Å². The summed E-state index contributed by atoms with van der Waals surface area (Å²) in [6.07, 6.45) is 2.97. The van der Waals surface area contributed by atoms with Gasteiger partial charge in [-0.2, -0.15) is 0 Å². The number of hydrogen-bond donors (Lipinski definition) is 1. The number of esters is 1. The van der Waals surface area contributed by atoms with Crippen LogP contribution in [0.25, 0.3) is 0 Å². The second-order valence-electron chi connectivity index (χ2n) is 3.66. The van der Waals surface area contributed by atoms with Gasteiger partial charge in [0.15, 0.2) is 0 Å². The highest BCUT2D eigenvalue weighted by atomic mass is 16.5. The molecule has 0 fully saturated rings. The SMILES string of the molecule is COC(=O)/C=C/NC(C)c1ccc(C)cc1. The van der Waals surface area contributed by atoms with Crippen LogP contribution in [-0.4, -0.2) is 13.1 Å². The van der Waals surface area contributed by atoms with Crippen LogP contribution >= 0.6 is 0 Å². The zero-order chi connectivity index (χ0) is 12.0. The number of carbonyl (C=O) groups is 1. The summed E-state index contributed by atoms with van der Waals surface area (Å²) in [5, 5.41) is 3.10. The van der Waals surface area contributed by atoms with Crippen LogP contribution in [0.5, 0.6) is 0 Å². The minimum atomic E-state index is -0.358. The van der Waals surface area contributed by atoms with Crippen molar-refractivity contribution < 1.29 is 9.53 Å². The van der Waals surface area contributed by atoms with Gasteiger partial charge in [-0.05, 0) is 19.4 Å². The highest BCUT2D eigenvalue weighted by molar-refractivity contribution is 5.81. The largest absolute Gasteiger partial charge is 0.466 e. The van der Waals surface area contributed by atoms with E-state index < -0.39 is 0 Å². The minimum Gasteiger partial charge on any atom is -0.466 e. The van der Waals surface area contributed by atoms with Crippen molar-refractivity contribution in [2.45, 2.75) is 19.9 Å². The highest BCUT2D eigenvalue weighted by Crippen LogP contribution is 2.12. The molecule has 0 aliphatic rings. The lowest BCUT2D eigenvalue weighted by Crippen LogP contribution is -2.12. The third-order valence-electron chi connectivity index (χ3n) is 2.34. The molecular formula is C13H17NO2. The monoisotopic (exact) mass is 219 g/mol. The minimum absolute atomic E-state index is 0.168. The maximum atomic E-state index is 10.8. The summed E-state index contributed by atoms with van der Waals surface area (Å²) in [5.41, 5.74) is 2.42. The van der Waals surface area contributed by atoms with Gasteiger partial charge in [-0.1, -0.05) is 29.8 Å². The van der Waals surface area contributed by atoms with Crippen molar-refractivity contribution in [1.82, 2.24) is 5.32 Å². The first kappa shape index (κ1) is 12.3. The summed E-state index contributed by atoms with van der Waals surface area (Å²) >= 11 is 0. The van der Waals surface area contributed by atoms with Crippen molar-refractivity contribution in [3.8, 4) is 0 Å². The highest BCUT2D eigenvalue weighted by Gasteiger charge is 2.01. The first-order valence-corrected chi connectivity index (χ1v) is 5.20. The van der Waals surface area contributed by atoms with Crippen molar-refractivity contribution in [3.63, 3.8) is 0 Å². The molecule has 3 nitrogen and oxygen atoms in total. The lowest BCUT2D eigenvalue weighted by atomic mass is 10.1. The van der Waals surface area contributed by atoms with Crippen LogP contribution in [0.2, 0.25) is 0 Å². The predicted molar refractivity (Wildman–Crippen MR) is 63.9 cm³/mol. The average molecular weight is 219 g/mol. The summed E-state index contributed by atoms with van der Waals surface area (Å²) in [6.45, 7) is 4.09. The van der Waals surface area contributed by atoms with Crippen molar-refractivity contribution >= 4 is 5.97 Å². The van der Waals surface area contributed by atoms with Gasteiger partial charge in [-0.3, -0.25) is 0 Å². The summed E-state index contributed by atoms with van der Waals surface area (Å²) in [5.74, 6) is -0.358. The number of methoxy groups -OCH3 is 1. The fourth-order valence-corrected chi connectivity index (χ4v) is 1.28. The predicted octanol–water partition coefficient (Wildman–Crippen LogP) is 2.33. The standard InChI is InChI=1S/C13H17NO2/c1-10-4-6-12(7-5-10)11(2)14-9-8-13(15)16-3/h4-9,11,14H,1-3H3/b9-8+. The Labute approximate surface area is 96.1 Å².